The van der Waals surface area contributed by atoms with Gasteiger partial charge in [-0.2, -0.15) is 0 Å². The predicted octanol–water partition coefficient (Wildman–Crippen LogP) is 2.26. The second-order valence-electron chi connectivity index (χ2n) is 6.45. The minimum Gasteiger partial charge on any atom is -0.497 e. The average molecular weight is 379 g/mol. The molecule has 144 valence electrons. The Morgan fingerprint density at radius 3 is 2.32 bits per heavy atom. The van der Waals surface area contributed by atoms with Gasteiger partial charge in [0.1, 0.15) is 12.3 Å². The molecule has 0 unspecified atom stereocenters. The number of carbonyl (C=O) groups excluding carboxylic acids is 1. The van der Waals surface area contributed by atoms with Crippen LogP contribution in [-0.4, -0.2) is 22.2 Å². The summed E-state index contributed by atoms with van der Waals surface area (Å²) in [6.07, 6.45) is 2.93. The summed E-state index contributed by atoms with van der Waals surface area (Å²) in [4.78, 5) is 37.1. The van der Waals surface area contributed by atoms with Crippen LogP contribution in [0.5, 0.6) is 5.75 Å². The maximum atomic E-state index is 12.5. The van der Waals surface area contributed by atoms with Crippen LogP contribution in [0.25, 0.3) is 5.69 Å². The van der Waals surface area contributed by atoms with E-state index in [1.165, 1.54) is 17.0 Å². The van der Waals surface area contributed by atoms with Gasteiger partial charge in [-0.05, 0) is 61.4 Å². The molecule has 3 aromatic rings. The predicted molar refractivity (Wildman–Crippen MR) is 107 cm³/mol. The molecule has 7 heteroatoms. The quantitative estimate of drug-likeness (QED) is 0.690. The van der Waals surface area contributed by atoms with Gasteiger partial charge in [-0.3, -0.25) is 23.5 Å². The highest BCUT2D eigenvalue weighted by Gasteiger charge is 2.11. The number of methoxy groups -OCH3 is 1. The summed E-state index contributed by atoms with van der Waals surface area (Å²) >= 11 is 0. The lowest BCUT2D eigenvalue weighted by atomic mass is 10.1. The highest BCUT2D eigenvalue weighted by Crippen LogP contribution is 2.15. The van der Waals surface area contributed by atoms with Crippen molar-refractivity contribution in [2.24, 2.45) is 0 Å². The normalized spacial score (nSPS) is 10.5. The van der Waals surface area contributed by atoms with Crippen LogP contribution >= 0.6 is 0 Å². The van der Waals surface area contributed by atoms with Gasteiger partial charge in [0.05, 0.1) is 7.11 Å². The lowest BCUT2D eigenvalue weighted by Crippen LogP contribution is -2.41. The second kappa shape index (κ2) is 7.96. The fourth-order valence-corrected chi connectivity index (χ4v) is 2.74. The SMILES string of the molecule is COc1ccc(NC(=O)Cn2ccn(-c3ccc(C)c(C)c3)c(=O)c2=O)cc1. The zero-order chi connectivity index (χ0) is 20.3. The number of carbonyl (C=O) groups is 1. The van der Waals surface area contributed by atoms with Gasteiger partial charge in [0, 0.05) is 23.8 Å². The summed E-state index contributed by atoms with van der Waals surface area (Å²) in [5.74, 6) is 0.264. The van der Waals surface area contributed by atoms with E-state index in [2.05, 4.69) is 5.32 Å². The third-order valence-corrected chi connectivity index (χ3v) is 4.51. The topological polar surface area (TPSA) is 82.3 Å². The average Bonchev–Trinajstić information content (AvgIpc) is 2.68. The lowest BCUT2D eigenvalue weighted by Gasteiger charge is -2.11. The number of hydrogen-bond acceptors (Lipinski definition) is 4. The summed E-state index contributed by atoms with van der Waals surface area (Å²) in [5, 5.41) is 2.69. The first-order chi connectivity index (χ1) is 13.4. The lowest BCUT2D eigenvalue weighted by molar-refractivity contribution is -0.116. The molecule has 1 heterocycles. The Morgan fingerprint density at radius 1 is 0.964 bits per heavy atom. The van der Waals surface area contributed by atoms with E-state index < -0.39 is 17.0 Å². The molecule has 0 aliphatic rings. The van der Waals surface area contributed by atoms with E-state index in [0.29, 0.717) is 17.1 Å². The van der Waals surface area contributed by atoms with Crippen molar-refractivity contribution in [2.75, 3.05) is 12.4 Å². The largest absolute Gasteiger partial charge is 0.497 e. The summed E-state index contributed by atoms with van der Waals surface area (Å²) in [7, 11) is 1.56. The molecule has 3 rings (SSSR count). The number of rotatable bonds is 5. The summed E-state index contributed by atoms with van der Waals surface area (Å²) in [6, 6.07) is 12.3. The van der Waals surface area contributed by atoms with Crippen LogP contribution in [0.3, 0.4) is 0 Å². The summed E-state index contributed by atoms with van der Waals surface area (Å²) < 4.78 is 7.45. The molecule has 1 N–H and O–H groups in total. The Bertz CT molecular complexity index is 1130. The maximum absolute atomic E-state index is 12.5. The zero-order valence-electron chi connectivity index (χ0n) is 15.9. The van der Waals surface area contributed by atoms with Gasteiger partial charge < -0.3 is 10.1 Å². The number of anilines is 1. The number of benzene rings is 2. The molecule has 0 fully saturated rings. The van der Waals surface area contributed by atoms with Crippen LogP contribution in [0.15, 0.2) is 64.4 Å². The van der Waals surface area contributed by atoms with Crippen molar-refractivity contribution >= 4 is 11.6 Å². The molecule has 7 nitrogen and oxygen atoms in total. The first-order valence-corrected chi connectivity index (χ1v) is 8.72. The Balaban J connectivity index is 1.80. The summed E-state index contributed by atoms with van der Waals surface area (Å²) in [5.41, 5.74) is 1.84. The van der Waals surface area contributed by atoms with Crippen molar-refractivity contribution in [3.8, 4) is 11.4 Å². The third-order valence-electron chi connectivity index (χ3n) is 4.51. The standard InChI is InChI=1S/C21H21N3O4/c1-14-4-7-17(12-15(14)2)24-11-10-23(20(26)21(24)27)13-19(25)22-16-5-8-18(28-3)9-6-16/h4-12H,13H2,1-3H3,(H,22,25). The van der Waals surface area contributed by atoms with Gasteiger partial charge in [0.15, 0.2) is 0 Å². The smallest absolute Gasteiger partial charge is 0.320 e. The zero-order valence-corrected chi connectivity index (χ0v) is 15.9. The van der Waals surface area contributed by atoms with E-state index in [-0.39, 0.29) is 6.54 Å². The first-order valence-electron chi connectivity index (χ1n) is 8.72. The van der Waals surface area contributed by atoms with E-state index in [0.717, 1.165) is 15.7 Å². The number of aryl methyl sites for hydroxylation is 2. The highest BCUT2D eigenvalue weighted by atomic mass is 16.5. The molecule has 1 amide bonds. The molecule has 0 radical (unpaired) electrons. The molecule has 2 aromatic carbocycles. The van der Waals surface area contributed by atoms with E-state index in [9.17, 15) is 14.4 Å². The first kappa shape index (κ1) is 19.2. The van der Waals surface area contributed by atoms with Crippen molar-refractivity contribution in [3.63, 3.8) is 0 Å². The Morgan fingerprint density at radius 2 is 1.68 bits per heavy atom. The highest BCUT2D eigenvalue weighted by molar-refractivity contribution is 5.90. The van der Waals surface area contributed by atoms with E-state index in [4.69, 9.17) is 4.74 Å². The van der Waals surface area contributed by atoms with E-state index in [1.54, 1.807) is 37.4 Å². The van der Waals surface area contributed by atoms with Crippen LogP contribution in [0.4, 0.5) is 5.69 Å². The molecule has 28 heavy (non-hydrogen) atoms. The van der Waals surface area contributed by atoms with Gasteiger partial charge in [-0.15, -0.1) is 0 Å². The number of aromatic nitrogens is 2. The maximum Gasteiger partial charge on any atom is 0.320 e. The Kier molecular flexibility index (Phi) is 5.44. The van der Waals surface area contributed by atoms with Crippen molar-refractivity contribution in [3.05, 3.63) is 86.7 Å². The Hall–Kier alpha value is -3.61. The van der Waals surface area contributed by atoms with Crippen molar-refractivity contribution in [1.29, 1.82) is 0 Å². The number of nitrogens with one attached hydrogen (secondary N) is 1. The summed E-state index contributed by atoms with van der Waals surface area (Å²) in [6.45, 7) is 3.66. The van der Waals surface area contributed by atoms with Crippen molar-refractivity contribution in [1.82, 2.24) is 9.13 Å². The number of hydrogen-bond donors (Lipinski definition) is 1. The van der Waals surface area contributed by atoms with Crippen molar-refractivity contribution in [2.45, 2.75) is 20.4 Å². The second-order valence-corrected chi connectivity index (χ2v) is 6.45. The van der Waals surface area contributed by atoms with E-state index >= 15 is 0 Å². The minimum absolute atomic E-state index is 0.256. The molecule has 0 aliphatic carbocycles. The van der Waals surface area contributed by atoms with Crippen LogP contribution in [0.1, 0.15) is 11.1 Å². The van der Waals surface area contributed by atoms with Gasteiger partial charge in [-0.25, -0.2) is 0 Å². The molecule has 0 bridgehead atoms. The van der Waals surface area contributed by atoms with E-state index in [1.807, 2.05) is 26.0 Å². The van der Waals surface area contributed by atoms with Crippen LogP contribution in [-0.2, 0) is 11.3 Å². The molecule has 0 spiro atoms. The van der Waals surface area contributed by atoms with Gasteiger partial charge in [0.25, 0.3) is 0 Å². The number of nitrogens with zero attached hydrogens (tertiary/aromatic N) is 2. The van der Waals surface area contributed by atoms with Crippen molar-refractivity contribution < 1.29 is 9.53 Å². The molecule has 0 saturated heterocycles. The fraction of sp³-hybridized carbons (Fsp3) is 0.190. The molecule has 0 aliphatic heterocycles. The fourth-order valence-electron chi connectivity index (χ4n) is 2.74. The van der Waals surface area contributed by atoms with Crippen LogP contribution < -0.4 is 21.2 Å². The van der Waals surface area contributed by atoms with Gasteiger partial charge >= 0.3 is 11.1 Å². The van der Waals surface area contributed by atoms with Gasteiger partial charge in [0.2, 0.25) is 5.91 Å². The molecule has 0 atom stereocenters. The van der Waals surface area contributed by atoms with Crippen LogP contribution in [0.2, 0.25) is 0 Å². The molecule has 0 saturated carbocycles. The molecule has 1 aromatic heterocycles. The molecular weight excluding hydrogens is 358 g/mol. The van der Waals surface area contributed by atoms with Gasteiger partial charge in [-0.1, -0.05) is 6.07 Å². The minimum atomic E-state index is -0.759. The third kappa shape index (κ3) is 4.03. The monoisotopic (exact) mass is 379 g/mol. The number of ether oxygens (including phenoxy) is 1. The number of amides is 1. The van der Waals surface area contributed by atoms with Crippen LogP contribution in [0, 0.1) is 13.8 Å². The Labute approximate surface area is 161 Å². The molecular formula is C21H21N3O4.